The summed E-state index contributed by atoms with van der Waals surface area (Å²) in [4.78, 5) is 17.4. The standard InChI is InChI=1S/C11H17N3O/c1-3-14(4-2)10(11(12)15)9-6-5-7-13-8-9/h5-8,10H,3-4H2,1-2H3,(H2,12,15). The lowest BCUT2D eigenvalue weighted by Gasteiger charge is -2.26. The van der Waals surface area contributed by atoms with Gasteiger partial charge < -0.3 is 5.73 Å². The summed E-state index contributed by atoms with van der Waals surface area (Å²) in [5, 5.41) is 0. The summed E-state index contributed by atoms with van der Waals surface area (Å²) in [7, 11) is 0. The molecule has 1 atom stereocenters. The predicted molar refractivity (Wildman–Crippen MR) is 59.1 cm³/mol. The van der Waals surface area contributed by atoms with E-state index in [-0.39, 0.29) is 11.9 Å². The molecule has 0 saturated heterocycles. The molecule has 4 heteroatoms. The van der Waals surface area contributed by atoms with Gasteiger partial charge in [0.05, 0.1) is 0 Å². The van der Waals surface area contributed by atoms with Gasteiger partial charge in [-0.15, -0.1) is 0 Å². The van der Waals surface area contributed by atoms with E-state index in [4.69, 9.17) is 5.73 Å². The fourth-order valence-electron chi connectivity index (χ4n) is 1.68. The van der Waals surface area contributed by atoms with Crippen LogP contribution in [-0.4, -0.2) is 28.9 Å². The minimum Gasteiger partial charge on any atom is -0.368 e. The molecular weight excluding hydrogens is 190 g/mol. The lowest BCUT2D eigenvalue weighted by Crippen LogP contribution is -2.37. The van der Waals surface area contributed by atoms with Gasteiger partial charge in [0.15, 0.2) is 0 Å². The van der Waals surface area contributed by atoms with Gasteiger partial charge in [0.2, 0.25) is 5.91 Å². The first kappa shape index (κ1) is 11.7. The summed E-state index contributed by atoms with van der Waals surface area (Å²) in [5.41, 5.74) is 6.27. The Kier molecular flexibility index (Phi) is 4.24. The summed E-state index contributed by atoms with van der Waals surface area (Å²) in [6, 6.07) is 3.32. The molecule has 0 aliphatic rings. The van der Waals surface area contributed by atoms with Gasteiger partial charge in [-0.25, -0.2) is 0 Å². The summed E-state index contributed by atoms with van der Waals surface area (Å²) in [5.74, 6) is -0.327. The van der Waals surface area contributed by atoms with Gasteiger partial charge in [-0.05, 0) is 24.7 Å². The maximum absolute atomic E-state index is 11.4. The Bertz CT molecular complexity index is 309. The van der Waals surface area contributed by atoms with E-state index in [1.165, 1.54) is 0 Å². The van der Waals surface area contributed by atoms with E-state index in [1.807, 2.05) is 30.9 Å². The van der Waals surface area contributed by atoms with Crippen LogP contribution in [0.4, 0.5) is 0 Å². The van der Waals surface area contributed by atoms with Gasteiger partial charge in [-0.2, -0.15) is 0 Å². The molecule has 1 unspecified atom stereocenters. The number of primary amides is 1. The molecule has 1 aromatic rings. The average Bonchev–Trinajstić information content (AvgIpc) is 2.26. The first-order valence-corrected chi connectivity index (χ1v) is 5.14. The molecule has 0 aliphatic heterocycles. The van der Waals surface area contributed by atoms with Crippen molar-refractivity contribution >= 4 is 5.91 Å². The number of carbonyl (C=O) groups is 1. The van der Waals surface area contributed by atoms with Crippen molar-refractivity contribution < 1.29 is 4.79 Å². The molecular formula is C11H17N3O. The fourth-order valence-corrected chi connectivity index (χ4v) is 1.68. The van der Waals surface area contributed by atoms with Crippen LogP contribution in [-0.2, 0) is 4.79 Å². The number of amides is 1. The minimum absolute atomic E-state index is 0.327. The Labute approximate surface area is 90.1 Å². The molecule has 1 rings (SSSR count). The largest absolute Gasteiger partial charge is 0.368 e. The molecule has 2 N–H and O–H groups in total. The summed E-state index contributed by atoms with van der Waals surface area (Å²) in [6.07, 6.45) is 3.37. The van der Waals surface area contributed by atoms with E-state index in [9.17, 15) is 4.79 Å². The maximum atomic E-state index is 11.4. The first-order chi connectivity index (χ1) is 7.20. The number of likely N-dealkylation sites (N-methyl/N-ethyl adjacent to an activating group) is 1. The highest BCUT2D eigenvalue weighted by Crippen LogP contribution is 2.18. The molecule has 0 saturated carbocycles. The van der Waals surface area contributed by atoms with E-state index >= 15 is 0 Å². The molecule has 82 valence electrons. The molecule has 0 spiro atoms. The van der Waals surface area contributed by atoms with Crippen LogP contribution in [0.5, 0.6) is 0 Å². The molecule has 0 radical (unpaired) electrons. The van der Waals surface area contributed by atoms with Crippen LogP contribution in [0.3, 0.4) is 0 Å². The van der Waals surface area contributed by atoms with Crippen LogP contribution in [0.2, 0.25) is 0 Å². The molecule has 1 heterocycles. The number of pyridine rings is 1. The number of hydrogen-bond acceptors (Lipinski definition) is 3. The lowest BCUT2D eigenvalue weighted by molar-refractivity contribution is -0.123. The Balaban J connectivity index is 2.97. The van der Waals surface area contributed by atoms with Crippen molar-refractivity contribution in [1.29, 1.82) is 0 Å². The SMILES string of the molecule is CCN(CC)C(C(N)=O)c1cccnc1. The van der Waals surface area contributed by atoms with Crippen molar-refractivity contribution in [3.63, 3.8) is 0 Å². The lowest BCUT2D eigenvalue weighted by atomic mass is 10.1. The topological polar surface area (TPSA) is 59.2 Å². The Hall–Kier alpha value is -1.42. The average molecular weight is 207 g/mol. The molecule has 15 heavy (non-hydrogen) atoms. The second-order valence-electron chi connectivity index (χ2n) is 3.31. The second kappa shape index (κ2) is 5.46. The zero-order chi connectivity index (χ0) is 11.3. The summed E-state index contributed by atoms with van der Waals surface area (Å²) in [6.45, 7) is 5.60. The van der Waals surface area contributed by atoms with Gasteiger partial charge >= 0.3 is 0 Å². The van der Waals surface area contributed by atoms with E-state index < -0.39 is 0 Å². The van der Waals surface area contributed by atoms with Crippen molar-refractivity contribution in [3.8, 4) is 0 Å². The molecule has 0 aromatic carbocycles. The third-order valence-electron chi connectivity index (χ3n) is 2.45. The van der Waals surface area contributed by atoms with Crippen LogP contribution in [0, 0.1) is 0 Å². The predicted octanol–water partition coefficient (Wildman–Crippen LogP) is 0.950. The zero-order valence-corrected chi connectivity index (χ0v) is 9.18. The third-order valence-corrected chi connectivity index (χ3v) is 2.45. The van der Waals surface area contributed by atoms with Gasteiger partial charge in [0, 0.05) is 12.4 Å². The molecule has 0 fully saturated rings. The molecule has 1 amide bonds. The van der Waals surface area contributed by atoms with Crippen LogP contribution >= 0.6 is 0 Å². The molecule has 4 nitrogen and oxygen atoms in total. The van der Waals surface area contributed by atoms with Crippen molar-refractivity contribution in [2.75, 3.05) is 13.1 Å². The van der Waals surface area contributed by atoms with Gasteiger partial charge in [-0.1, -0.05) is 19.9 Å². The van der Waals surface area contributed by atoms with E-state index in [1.54, 1.807) is 12.4 Å². The van der Waals surface area contributed by atoms with E-state index in [0.717, 1.165) is 18.7 Å². The van der Waals surface area contributed by atoms with Crippen LogP contribution in [0.25, 0.3) is 0 Å². The van der Waals surface area contributed by atoms with Crippen molar-refractivity contribution in [2.45, 2.75) is 19.9 Å². The highest BCUT2D eigenvalue weighted by Gasteiger charge is 2.23. The van der Waals surface area contributed by atoms with Gasteiger partial charge in [0.1, 0.15) is 6.04 Å². The smallest absolute Gasteiger partial charge is 0.239 e. The Morgan fingerprint density at radius 1 is 1.53 bits per heavy atom. The second-order valence-corrected chi connectivity index (χ2v) is 3.31. The number of aromatic nitrogens is 1. The fraction of sp³-hybridized carbons (Fsp3) is 0.455. The minimum atomic E-state index is -0.367. The normalized spacial score (nSPS) is 12.7. The Morgan fingerprint density at radius 2 is 2.20 bits per heavy atom. The molecule has 0 bridgehead atoms. The number of nitrogens with zero attached hydrogens (tertiary/aromatic N) is 2. The van der Waals surface area contributed by atoms with E-state index in [2.05, 4.69) is 4.98 Å². The summed E-state index contributed by atoms with van der Waals surface area (Å²) < 4.78 is 0. The monoisotopic (exact) mass is 207 g/mol. The maximum Gasteiger partial charge on any atom is 0.239 e. The van der Waals surface area contributed by atoms with Gasteiger partial charge in [0.25, 0.3) is 0 Å². The molecule has 1 aromatic heterocycles. The number of carbonyl (C=O) groups excluding carboxylic acids is 1. The highest BCUT2D eigenvalue weighted by atomic mass is 16.1. The highest BCUT2D eigenvalue weighted by molar-refractivity contribution is 5.81. The van der Waals surface area contributed by atoms with Crippen LogP contribution in [0.15, 0.2) is 24.5 Å². The first-order valence-electron chi connectivity index (χ1n) is 5.14. The van der Waals surface area contributed by atoms with Crippen LogP contribution in [0.1, 0.15) is 25.5 Å². The number of nitrogens with two attached hydrogens (primary N) is 1. The number of rotatable bonds is 5. The van der Waals surface area contributed by atoms with Crippen molar-refractivity contribution in [3.05, 3.63) is 30.1 Å². The van der Waals surface area contributed by atoms with E-state index in [0.29, 0.717) is 0 Å². The Morgan fingerprint density at radius 3 is 2.60 bits per heavy atom. The number of hydrogen-bond donors (Lipinski definition) is 1. The quantitative estimate of drug-likeness (QED) is 0.782. The third kappa shape index (κ3) is 2.76. The van der Waals surface area contributed by atoms with Gasteiger partial charge in [-0.3, -0.25) is 14.7 Å². The van der Waals surface area contributed by atoms with Crippen LogP contribution < -0.4 is 5.73 Å². The zero-order valence-electron chi connectivity index (χ0n) is 9.18. The van der Waals surface area contributed by atoms with Crippen molar-refractivity contribution in [2.24, 2.45) is 5.73 Å². The summed E-state index contributed by atoms with van der Waals surface area (Å²) >= 11 is 0. The van der Waals surface area contributed by atoms with Crippen molar-refractivity contribution in [1.82, 2.24) is 9.88 Å². The molecule has 0 aliphatic carbocycles.